The molecule has 17 heavy (non-hydrogen) atoms. The maximum Gasteiger partial charge on any atom is 0.223 e. The highest BCUT2D eigenvalue weighted by molar-refractivity contribution is 6.30. The van der Waals surface area contributed by atoms with Crippen LogP contribution in [0.3, 0.4) is 0 Å². The molecule has 0 aliphatic heterocycles. The molecule has 5 nitrogen and oxygen atoms in total. The molecule has 1 heterocycles. The molecule has 1 aromatic rings. The normalized spacial score (nSPS) is 10.2. The molecule has 1 aromatic heterocycles. The fourth-order valence-corrected chi connectivity index (χ4v) is 1.44. The number of hydrogen-bond donors (Lipinski definition) is 1. The summed E-state index contributed by atoms with van der Waals surface area (Å²) in [4.78, 5) is 12.9. The quantitative estimate of drug-likeness (QED) is 0.890. The van der Waals surface area contributed by atoms with Gasteiger partial charge in [0, 0.05) is 27.1 Å². The minimum Gasteiger partial charge on any atom is -0.368 e. The van der Waals surface area contributed by atoms with Crippen LogP contribution in [-0.2, 0) is 4.79 Å². The van der Waals surface area contributed by atoms with Gasteiger partial charge in [0.2, 0.25) is 5.91 Å². The van der Waals surface area contributed by atoms with Crippen LogP contribution in [0, 0.1) is 13.8 Å². The number of amides is 1. The summed E-state index contributed by atoms with van der Waals surface area (Å²) in [6.07, 6.45) is 0.426. The number of aromatic nitrogens is 2. The van der Waals surface area contributed by atoms with Gasteiger partial charge in [-0.1, -0.05) is 11.6 Å². The molecule has 0 atom stereocenters. The van der Waals surface area contributed by atoms with Crippen LogP contribution in [0.1, 0.15) is 17.5 Å². The smallest absolute Gasteiger partial charge is 0.223 e. The molecule has 1 rings (SSSR count). The van der Waals surface area contributed by atoms with Crippen molar-refractivity contribution in [1.82, 2.24) is 15.1 Å². The standard InChI is InChI=1S/C11H17ClN4O/c1-7-8(2)11(15-14-10(7)12)13-6-5-9(17)16(3)4/h5-6H2,1-4H3,(H,13,15). The minimum atomic E-state index is 0.0776. The fraction of sp³-hybridized carbons (Fsp3) is 0.545. The second kappa shape index (κ2) is 5.82. The van der Waals surface area contributed by atoms with Crippen molar-refractivity contribution in [3.8, 4) is 0 Å². The number of anilines is 1. The van der Waals surface area contributed by atoms with Crippen molar-refractivity contribution < 1.29 is 4.79 Å². The van der Waals surface area contributed by atoms with Gasteiger partial charge in [-0.25, -0.2) is 0 Å². The molecule has 94 valence electrons. The first-order valence-electron chi connectivity index (χ1n) is 5.37. The van der Waals surface area contributed by atoms with E-state index in [1.165, 1.54) is 0 Å². The number of carbonyl (C=O) groups is 1. The molecule has 0 unspecified atom stereocenters. The Hall–Kier alpha value is -1.36. The zero-order valence-corrected chi connectivity index (χ0v) is 11.3. The van der Waals surface area contributed by atoms with Crippen molar-refractivity contribution in [1.29, 1.82) is 0 Å². The predicted molar refractivity (Wildman–Crippen MR) is 68.3 cm³/mol. The molecule has 0 aliphatic rings. The first kappa shape index (κ1) is 13.7. The molecule has 1 N–H and O–H groups in total. The van der Waals surface area contributed by atoms with Crippen molar-refractivity contribution in [2.75, 3.05) is 26.0 Å². The van der Waals surface area contributed by atoms with E-state index in [2.05, 4.69) is 15.5 Å². The van der Waals surface area contributed by atoms with Crippen LogP contribution in [0.25, 0.3) is 0 Å². The minimum absolute atomic E-state index is 0.0776. The molecule has 0 fully saturated rings. The number of nitrogens with one attached hydrogen (secondary N) is 1. The van der Waals surface area contributed by atoms with Crippen molar-refractivity contribution in [3.63, 3.8) is 0 Å². The number of hydrogen-bond acceptors (Lipinski definition) is 4. The lowest BCUT2D eigenvalue weighted by Gasteiger charge is -2.12. The number of nitrogens with zero attached hydrogens (tertiary/aromatic N) is 3. The van der Waals surface area contributed by atoms with Gasteiger partial charge in [-0.2, -0.15) is 0 Å². The van der Waals surface area contributed by atoms with E-state index in [9.17, 15) is 4.79 Å². The Morgan fingerprint density at radius 1 is 1.29 bits per heavy atom. The highest BCUT2D eigenvalue weighted by Gasteiger charge is 2.08. The summed E-state index contributed by atoms with van der Waals surface area (Å²) in [5.41, 5.74) is 1.87. The van der Waals surface area contributed by atoms with Gasteiger partial charge >= 0.3 is 0 Å². The van der Waals surface area contributed by atoms with Crippen LogP contribution in [0.4, 0.5) is 5.82 Å². The van der Waals surface area contributed by atoms with Crippen molar-refractivity contribution in [2.24, 2.45) is 0 Å². The Morgan fingerprint density at radius 3 is 2.53 bits per heavy atom. The molecule has 6 heteroatoms. The van der Waals surface area contributed by atoms with Crippen molar-refractivity contribution in [2.45, 2.75) is 20.3 Å². The molecule has 0 aromatic carbocycles. The van der Waals surface area contributed by atoms with Gasteiger partial charge in [0.1, 0.15) is 0 Å². The summed E-state index contributed by atoms with van der Waals surface area (Å²) < 4.78 is 0. The SMILES string of the molecule is Cc1c(Cl)nnc(NCCC(=O)N(C)C)c1C. The van der Waals surface area contributed by atoms with Crippen LogP contribution in [0.15, 0.2) is 0 Å². The Morgan fingerprint density at radius 2 is 1.94 bits per heavy atom. The Bertz CT molecular complexity index is 420. The van der Waals surface area contributed by atoms with Crippen molar-refractivity contribution in [3.05, 3.63) is 16.3 Å². The van der Waals surface area contributed by atoms with E-state index >= 15 is 0 Å². The Labute approximate surface area is 106 Å². The Kier molecular flexibility index (Phi) is 4.69. The molecule has 0 saturated carbocycles. The first-order chi connectivity index (χ1) is 7.93. The topological polar surface area (TPSA) is 58.1 Å². The summed E-state index contributed by atoms with van der Waals surface area (Å²) in [5.74, 6) is 0.757. The third-order valence-electron chi connectivity index (χ3n) is 2.60. The van der Waals surface area contributed by atoms with E-state index in [4.69, 9.17) is 11.6 Å². The third-order valence-corrected chi connectivity index (χ3v) is 2.95. The predicted octanol–water partition coefficient (Wildman–Crippen LogP) is 1.64. The van der Waals surface area contributed by atoms with Crippen molar-refractivity contribution >= 4 is 23.3 Å². The number of halogens is 1. The van der Waals surface area contributed by atoms with Crippen LogP contribution >= 0.6 is 11.6 Å². The lowest BCUT2D eigenvalue weighted by Crippen LogP contribution is -2.24. The highest BCUT2D eigenvalue weighted by atomic mass is 35.5. The molecule has 0 aliphatic carbocycles. The monoisotopic (exact) mass is 256 g/mol. The Balaban J connectivity index is 2.59. The van der Waals surface area contributed by atoms with E-state index in [0.29, 0.717) is 23.9 Å². The van der Waals surface area contributed by atoms with E-state index < -0.39 is 0 Å². The maximum absolute atomic E-state index is 11.4. The molecule has 0 saturated heterocycles. The average Bonchev–Trinajstić information content (AvgIpc) is 2.28. The lowest BCUT2D eigenvalue weighted by atomic mass is 10.2. The largest absolute Gasteiger partial charge is 0.368 e. The summed E-state index contributed by atoms with van der Waals surface area (Å²) in [5, 5.41) is 11.3. The van der Waals surface area contributed by atoms with E-state index in [0.717, 1.165) is 11.1 Å². The number of carbonyl (C=O) groups excluding carboxylic acids is 1. The second-order valence-electron chi connectivity index (χ2n) is 4.05. The van der Waals surface area contributed by atoms with Gasteiger partial charge in [0.05, 0.1) is 0 Å². The third kappa shape index (κ3) is 3.56. The fourth-order valence-electron chi connectivity index (χ4n) is 1.26. The molecule has 0 bridgehead atoms. The molecule has 0 radical (unpaired) electrons. The van der Waals surface area contributed by atoms with Gasteiger partial charge in [-0.15, -0.1) is 10.2 Å². The summed E-state index contributed by atoms with van der Waals surface area (Å²) in [7, 11) is 3.47. The van der Waals surface area contributed by atoms with Gasteiger partial charge in [0.15, 0.2) is 11.0 Å². The zero-order chi connectivity index (χ0) is 13.0. The van der Waals surface area contributed by atoms with Crippen LogP contribution in [0.5, 0.6) is 0 Å². The summed E-state index contributed by atoms with van der Waals surface area (Å²) >= 11 is 5.85. The van der Waals surface area contributed by atoms with Gasteiger partial charge in [-0.05, 0) is 25.0 Å². The van der Waals surface area contributed by atoms with Gasteiger partial charge < -0.3 is 10.2 Å². The molecular weight excluding hydrogens is 240 g/mol. The van der Waals surface area contributed by atoms with Crippen LogP contribution in [0.2, 0.25) is 5.15 Å². The second-order valence-corrected chi connectivity index (χ2v) is 4.41. The molecular formula is C11H17ClN4O. The van der Waals surface area contributed by atoms with E-state index in [-0.39, 0.29) is 5.91 Å². The lowest BCUT2D eigenvalue weighted by molar-refractivity contribution is -0.128. The number of rotatable bonds is 4. The van der Waals surface area contributed by atoms with Crippen LogP contribution in [-0.4, -0.2) is 41.6 Å². The molecule has 0 spiro atoms. The van der Waals surface area contributed by atoms with Gasteiger partial charge in [-0.3, -0.25) is 4.79 Å². The molecule has 1 amide bonds. The zero-order valence-electron chi connectivity index (χ0n) is 10.5. The van der Waals surface area contributed by atoms with E-state index in [1.54, 1.807) is 19.0 Å². The van der Waals surface area contributed by atoms with Crippen LogP contribution < -0.4 is 5.32 Å². The summed E-state index contributed by atoms with van der Waals surface area (Å²) in [6.45, 7) is 4.35. The first-order valence-corrected chi connectivity index (χ1v) is 5.74. The maximum atomic E-state index is 11.4. The van der Waals surface area contributed by atoms with E-state index in [1.807, 2.05) is 13.8 Å². The average molecular weight is 257 g/mol. The highest BCUT2D eigenvalue weighted by Crippen LogP contribution is 2.20. The van der Waals surface area contributed by atoms with Gasteiger partial charge in [0.25, 0.3) is 0 Å². The summed E-state index contributed by atoms with van der Waals surface area (Å²) in [6, 6.07) is 0.